The van der Waals surface area contributed by atoms with E-state index in [0.717, 1.165) is 0 Å². The van der Waals surface area contributed by atoms with Crippen LogP contribution in [0, 0.1) is 0 Å². The Morgan fingerprint density at radius 3 is 2.89 bits per heavy atom. The Hall–Kier alpha value is -1.59. The fraction of sp³-hybridized carbons (Fsp3) is 0.182. The lowest BCUT2D eigenvalue weighted by Crippen LogP contribution is -2.04. The van der Waals surface area contributed by atoms with Gasteiger partial charge in [-0.05, 0) is 25.1 Å². The highest BCUT2D eigenvalue weighted by molar-refractivity contribution is 6.35. The van der Waals surface area contributed by atoms with Gasteiger partial charge in [-0.2, -0.15) is 0 Å². The van der Waals surface area contributed by atoms with Crippen molar-refractivity contribution in [1.82, 2.24) is 10.2 Å². The summed E-state index contributed by atoms with van der Waals surface area (Å²) < 4.78 is 9.92. The number of hydrogen-bond donors (Lipinski definition) is 0. The molecular weight excluding hydrogens is 279 g/mol. The minimum Gasteiger partial charge on any atom is -0.459 e. The maximum atomic E-state index is 11.4. The summed E-state index contributed by atoms with van der Waals surface area (Å²) in [5, 5.41) is 8.20. The smallest absolute Gasteiger partial charge is 0.396 e. The van der Waals surface area contributed by atoms with Crippen molar-refractivity contribution in [3.8, 4) is 11.5 Å². The van der Waals surface area contributed by atoms with E-state index in [1.54, 1.807) is 25.1 Å². The Balaban J connectivity index is 2.35. The Labute approximate surface area is 113 Å². The number of aromatic nitrogens is 2. The van der Waals surface area contributed by atoms with Crippen LogP contribution in [-0.2, 0) is 4.74 Å². The monoisotopic (exact) mass is 286 g/mol. The molecule has 0 aliphatic carbocycles. The molecule has 1 aromatic heterocycles. The van der Waals surface area contributed by atoms with Crippen LogP contribution >= 0.6 is 23.2 Å². The van der Waals surface area contributed by atoms with Crippen LogP contribution in [0.25, 0.3) is 11.5 Å². The molecule has 5 nitrogen and oxygen atoms in total. The van der Waals surface area contributed by atoms with E-state index in [4.69, 9.17) is 32.4 Å². The van der Waals surface area contributed by atoms with Gasteiger partial charge >= 0.3 is 11.9 Å². The first-order chi connectivity index (χ1) is 8.61. The van der Waals surface area contributed by atoms with Gasteiger partial charge in [0.15, 0.2) is 0 Å². The number of nitrogens with zero attached hydrogens (tertiary/aromatic N) is 2. The molecule has 0 radical (unpaired) electrons. The fourth-order valence-corrected chi connectivity index (χ4v) is 1.64. The van der Waals surface area contributed by atoms with Crippen LogP contribution in [0.1, 0.15) is 17.6 Å². The van der Waals surface area contributed by atoms with Crippen LogP contribution in [-0.4, -0.2) is 22.8 Å². The summed E-state index contributed by atoms with van der Waals surface area (Å²) in [6.07, 6.45) is 0. The van der Waals surface area contributed by atoms with Gasteiger partial charge in [0.1, 0.15) is 0 Å². The van der Waals surface area contributed by atoms with Crippen molar-refractivity contribution >= 4 is 29.2 Å². The van der Waals surface area contributed by atoms with Crippen molar-refractivity contribution < 1.29 is 13.9 Å². The van der Waals surface area contributed by atoms with Crippen LogP contribution in [0.5, 0.6) is 0 Å². The van der Waals surface area contributed by atoms with Crippen LogP contribution < -0.4 is 0 Å². The maximum absolute atomic E-state index is 11.4. The Morgan fingerprint density at radius 1 is 1.39 bits per heavy atom. The van der Waals surface area contributed by atoms with E-state index in [1.807, 2.05) is 0 Å². The second-order valence-electron chi connectivity index (χ2n) is 3.26. The first-order valence-corrected chi connectivity index (χ1v) is 5.83. The van der Waals surface area contributed by atoms with Crippen molar-refractivity contribution in [2.24, 2.45) is 0 Å². The average Bonchev–Trinajstić information content (AvgIpc) is 2.82. The van der Waals surface area contributed by atoms with Crippen LogP contribution in [0.4, 0.5) is 0 Å². The third kappa shape index (κ3) is 2.63. The standard InChI is InChI=1S/C11H8Cl2N2O3/c1-2-17-11(16)10-15-14-9(18-10)7-5-6(12)3-4-8(7)13/h3-5H,2H2,1H3. The third-order valence-corrected chi connectivity index (χ3v) is 2.60. The zero-order valence-electron chi connectivity index (χ0n) is 9.31. The summed E-state index contributed by atoms with van der Waals surface area (Å²) >= 11 is 11.8. The predicted octanol–water partition coefficient (Wildman–Crippen LogP) is 3.22. The van der Waals surface area contributed by atoms with Crippen molar-refractivity contribution in [3.05, 3.63) is 34.1 Å². The molecule has 2 rings (SSSR count). The second-order valence-corrected chi connectivity index (χ2v) is 4.10. The average molecular weight is 287 g/mol. The van der Waals surface area contributed by atoms with E-state index < -0.39 is 5.97 Å². The molecule has 0 N–H and O–H groups in total. The van der Waals surface area contributed by atoms with E-state index in [-0.39, 0.29) is 18.4 Å². The van der Waals surface area contributed by atoms with Gasteiger partial charge in [-0.15, -0.1) is 10.2 Å². The molecule has 0 unspecified atom stereocenters. The van der Waals surface area contributed by atoms with Gasteiger partial charge in [-0.25, -0.2) is 4.79 Å². The number of carbonyl (C=O) groups excluding carboxylic acids is 1. The molecule has 18 heavy (non-hydrogen) atoms. The topological polar surface area (TPSA) is 65.2 Å². The lowest BCUT2D eigenvalue weighted by molar-refractivity contribution is 0.0481. The minimum atomic E-state index is -0.672. The van der Waals surface area contributed by atoms with Crippen molar-refractivity contribution in [2.45, 2.75) is 6.92 Å². The first-order valence-electron chi connectivity index (χ1n) is 5.08. The third-order valence-electron chi connectivity index (χ3n) is 2.03. The quantitative estimate of drug-likeness (QED) is 0.811. The number of benzene rings is 1. The zero-order valence-corrected chi connectivity index (χ0v) is 10.8. The van der Waals surface area contributed by atoms with Gasteiger partial charge in [0, 0.05) is 5.02 Å². The maximum Gasteiger partial charge on any atom is 0.396 e. The highest BCUT2D eigenvalue weighted by Gasteiger charge is 2.18. The summed E-state index contributed by atoms with van der Waals surface area (Å²) in [4.78, 5) is 11.4. The number of esters is 1. The lowest BCUT2D eigenvalue weighted by Gasteiger charge is -1.99. The van der Waals surface area contributed by atoms with Crippen LogP contribution in [0.15, 0.2) is 22.6 Å². The highest BCUT2D eigenvalue weighted by Crippen LogP contribution is 2.29. The van der Waals surface area contributed by atoms with E-state index in [2.05, 4.69) is 10.2 Å². The fourth-order valence-electron chi connectivity index (χ4n) is 1.27. The number of rotatable bonds is 3. The number of ether oxygens (including phenoxy) is 1. The zero-order chi connectivity index (χ0) is 13.1. The normalized spacial score (nSPS) is 10.4. The Morgan fingerprint density at radius 2 is 2.17 bits per heavy atom. The molecule has 0 saturated heterocycles. The molecule has 0 atom stereocenters. The highest BCUT2D eigenvalue weighted by atomic mass is 35.5. The van der Waals surface area contributed by atoms with Gasteiger partial charge in [0.2, 0.25) is 5.89 Å². The molecule has 0 saturated carbocycles. The molecule has 0 bridgehead atoms. The molecule has 0 amide bonds. The van der Waals surface area contributed by atoms with Crippen LogP contribution in [0.2, 0.25) is 10.0 Å². The summed E-state index contributed by atoms with van der Waals surface area (Å²) in [7, 11) is 0. The van der Waals surface area contributed by atoms with Gasteiger partial charge in [0.05, 0.1) is 17.2 Å². The van der Waals surface area contributed by atoms with Gasteiger partial charge in [0.25, 0.3) is 0 Å². The van der Waals surface area contributed by atoms with Gasteiger partial charge in [-0.3, -0.25) is 0 Å². The summed E-state index contributed by atoms with van der Waals surface area (Å²) in [5.41, 5.74) is 0.465. The van der Waals surface area contributed by atoms with Gasteiger partial charge < -0.3 is 9.15 Å². The van der Waals surface area contributed by atoms with Crippen molar-refractivity contribution in [2.75, 3.05) is 6.61 Å². The minimum absolute atomic E-state index is 0.116. The molecule has 0 spiro atoms. The molecule has 0 fully saturated rings. The molecule has 94 valence electrons. The lowest BCUT2D eigenvalue weighted by atomic mass is 10.2. The molecule has 2 aromatic rings. The second kappa shape index (κ2) is 5.37. The van der Waals surface area contributed by atoms with E-state index in [1.165, 1.54) is 0 Å². The van der Waals surface area contributed by atoms with Crippen LogP contribution in [0.3, 0.4) is 0 Å². The van der Waals surface area contributed by atoms with Crippen molar-refractivity contribution in [3.63, 3.8) is 0 Å². The Bertz CT molecular complexity index is 583. The number of hydrogen-bond acceptors (Lipinski definition) is 5. The molecule has 0 aliphatic heterocycles. The summed E-state index contributed by atoms with van der Waals surface area (Å²) in [6.45, 7) is 1.91. The number of carbonyl (C=O) groups is 1. The van der Waals surface area contributed by atoms with E-state index >= 15 is 0 Å². The van der Waals surface area contributed by atoms with E-state index in [9.17, 15) is 4.79 Å². The SMILES string of the molecule is CCOC(=O)c1nnc(-c2cc(Cl)ccc2Cl)o1. The Kier molecular flexibility index (Phi) is 3.84. The van der Waals surface area contributed by atoms with Crippen molar-refractivity contribution in [1.29, 1.82) is 0 Å². The molecule has 0 aliphatic rings. The summed E-state index contributed by atoms with van der Waals surface area (Å²) in [5.74, 6) is -0.775. The predicted molar refractivity (Wildman–Crippen MR) is 65.7 cm³/mol. The summed E-state index contributed by atoms with van der Waals surface area (Å²) in [6, 6.07) is 4.82. The first kappa shape index (κ1) is 12.9. The molecular formula is C11H8Cl2N2O3. The van der Waals surface area contributed by atoms with E-state index in [0.29, 0.717) is 15.6 Å². The molecule has 7 heteroatoms. The number of halogens is 2. The molecule has 1 heterocycles. The largest absolute Gasteiger partial charge is 0.459 e. The molecule has 1 aromatic carbocycles. The van der Waals surface area contributed by atoms with Gasteiger partial charge in [-0.1, -0.05) is 23.2 Å².